The van der Waals surface area contributed by atoms with Gasteiger partial charge in [-0.25, -0.2) is 0 Å². The molecule has 0 unspecified atom stereocenters. The van der Waals surface area contributed by atoms with Gasteiger partial charge in [0.25, 0.3) is 11.1 Å². The van der Waals surface area contributed by atoms with Crippen LogP contribution in [0, 0.1) is 0 Å². The molecule has 0 bridgehead atoms. The predicted molar refractivity (Wildman–Crippen MR) is 109 cm³/mol. The Kier molecular flexibility index (Phi) is 6.23. The van der Waals surface area contributed by atoms with E-state index in [9.17, 15) is 14.4 Å². The van der Waals surface area contributed by atoms with E-state index in [1.807, 2.05) is 37.2 Å². The molecule has 2 fully saturated rings. The fourth-order valence-corrected chi connectivity index (χ4v) is 4.40. The third-order valence-electron chi connectivity index (χ3n) is 4.28. The summed E-state index contributed by atoms with van der Waals surface area (Å²) in [5.74, 6) is -0.667. The summed E-state index contributed by atoms with van der Waals surface area (Å²) < 4.78 is 6.11. The van der Waals surface area contributed by atoms with Gasteiger partial charge in [0.05, 0.1) is 23.8 Å². The third kappa shape index (κ3) is 4.53. The van der Waals surface area contributed by atoms with E-state index in [4.69, 9.17) is 4.74 Å². The first-order chi connectivity index (χ1) is 12.9. The van der Waals surface area contributed by atoms with Gasteiger partial charge in [-0.2, -0.15) is 0 Å². The van der Waals surface area contributed by atoms with Gasteiger partial charge < -0.3 is 14.5 Å². The summed E-state index contributed by atoms with van der Waals surface area (Å²) in [6.45, 7) is 1.69. The van der Waals surface area contributed by atoms with Crippen molar-refractivity contribution in [3.63, 3.8) is 0 Å². The Morgan fingerprint density at radius 1 is 1.30 bits per heavy atom. The van der Waals surface area contributed by atoms with Crippen LogP contribution in [0.5, 0.6) is 0 Å². The van der Waals surface area contributed by atoms with E-state index in [0.29, 0.717) is 31.2 Å². The van der Waals surface area contributed by atoms with Gasteiger partial charge in [-0.05, 0) is 51.5 Å². The molecule has 144 valence electrons. The zero-order valence-corrected chi connectivity index (χ0v) is 17.5. The molecule has 0 spiro atoms. The molecule has 2 saturated heterocycles. The number of amides is 3. The van der Waals surface area contributed by atoms with Crippen molar-refractivity contribution in [1.82, 2.24) is 9.80 Å². The molecule has 0 atom stereocenters. The summed E-state index contributed by atoms with van der Waals surface area (Å²) >= 11 is 4.37. The topological polar surface area (TPSA) is 70.2 Å². The van der Waals surface area contributed by atoms with E-state index in [1.165, 1.54) is 0 Å². The Morgan fingerprint density at radius 3 is 2.63 bits per heavy atom. The van der Waals surface area contributed by atoms with E-state index in [-0.39, 0.29) is 12.5 Å². The molecule has 7 nitrogen and oxygen atoms in total. The molecule has 2 aliphatic rings. The van der Waals surface area contributed by atoms with Crippen LogP contribution in [0.15, 0.2) is 27.6 Å². The summed E-state index contributed by atoms with van der Waals surface area (Å²) in [4.78, 5) is 42.1. The predicted octanol–water partition coefficient (Wildman–Crippen LogP) is 2.41. The van der Waals surface area contributed by atoms with Gasteiger partial charge in [0, 0.05) is 31.7 Å². The molecule has 1 aromatic rings. The minimum atomic E-state index is -0.431. The SMILES string of the molecule is CN(C)c1ccc(/C=C2/SC(=O)N(CC(=O)N3CCOCC3)C2=O)cc1Br. The second-order valence-corrected chi connectivity index (χ2v) is 8.21. The number of imide groups is 1. The summed E-state index contributed by atoms with van der Waals surface area (Å²) in [7, 11) is 3.88. The lowest BCUT2D eigenvalue weighted by Crippen LogP contribution is -2.46. The van der Waals surface area contributed by atoms with Crippen LogP contribution in [0.2, 0.25) is 0 Å². The zero-order valence-electron chi connectivity index (χ0n) is 15.1. The highest BCUT2D eigenvalue weighted by atomic mass is 79.9. The van der Waals surface area contributed by atoms with Gasteiger partial charge in [0.1, 0.15) is 6.54 Å². The number of ether oxygens (including phenoxy) is 1. The van der Waals surface area contributed by atoms with E-state index in [2.05, 4.69) is 15.9 Å². The quantitative estimate of drug-likeness (QED) is 0.651. The van der Waals surface area contributed by atoms with Crippen LogP contribution in [-0.2, 0) is 14.3 Å². The van der Waals surface area contributed by atoms with Gasteiger partial charge >= 0.3 is 0 Å². The van der Waals surface area contributed by atoms with Gasteiger partial charge in [-0.3, -0.25) is 19.3 Å². The normalized spacial score (nSPS) is 19.1. The first-order valence-corrected chi connectivity index (χ1v) is 10.1. The molecule has 3 rings (SSSR count). The number of hydrogen-bond acceptors (Lipinski definition) is 6. The number of thioether (sulfide) groups is 1. The van der Waals surface area contributed by atoms with Crippen molar-refractivity contribution in [3.05, 3.63) is 33.1 Å². The van der Waals surface area contributed by atoms with Crippen LogP contribution in [0.3, 0.4) is 0 Å². The van der Waals surface area contributed by atoms with Gasteiger partial charge in [0.15, 0.2) is 0 Å². The second kappa shape index (κ2) is 8.45. The minimum absolute atomic E-state index is 0.231. The molecule has 0 radical (unpaired) electrons. The fourth-order valence-electron chi connectivity index (χ4n) is 2.81. The number of rotatable bonds is 4. The molecule has 3 amide bonds. The maximum Gasteiger partial charge on any atom is 0.294 e. The average molecular weight is 454 g/mol. The zero-order chi connectivity index (χ0) is 19.6. The number of halogens is 1. The molecule has 2 aliphatic heterocycles. The standard InChI is InChI=1S/C18H20BrN3O4S/c1-20(2)14-4-3-12(9-13(14)19)10-15-17(24)22(18(25)27-15)11-16(23)21-5-7-26-8-6-21/h3-4,9-10H,5-8,11H2,1-2H3/b15-10+. The molecular weight excluding hydrogens is 434 g/mol. The third-order valence-corrected chi connectivity index (χ3v) is 5.82. The summed E-state index contributed by atoms with van der Waals surface area (Å²) in [6.07, 6.45) is 1.67. The number of carbonyl (C=O) groups is 3. The highest BCUT2D eigenvalue weighted by molar-refractivity contribution is 9.10. The van der Waals surface area contributed by atoms with Crippen molar-refractivity contribution in [2.45, 2.75) is 0 Å². The van der Waals surface area contributed by atoms with Crippen LogP contribution in [0.4, 0.5) is 10.5 Å². The molecule has 0 aromatic heterocycles. The fraction of sp³-hybridized carbons (Fsp3) is 0.389. The Bertz CT molecular complexity index is 806. The number of anilines is 1. The minimum Gasteiger partial charge on any atom is -0.378 e. The molecule has 27 heavy (non-hydrogen) atoms. The Hall–Kier alpha value is -1.84. The lowest BCUT2D eigenvalue weighted by Gasteiger charge is -2.28. The first-order valence-electron chi connectivity index (χ1n) is 8.44. The van der Waals surface area contributed by atoms with E-state index < -0.39 is 11.1 Å². The van der Waals surface area contributed by atoms with Crippen molar-refractivity contribution in [2.75, 3.05) is 51.8 Å². The second-order valence-electron chi connectivity index (χ2n) is 6.37. The number of hydrogen-bond donors (Lipinski definition) is 0. The Morgan fingerprint density at radius 2 is 2.00 bits per heavy atom. The van der Waals surface area contributed by atoms with Crippen molar-refractivity contribution in [3.8, 4) is 0 Å². The van der Waals surface area contributed by atoms with Crippen molar-refractivity contribution >= 4 is 56.5 Å². The Labute approximate surface area is 170 Å². The highest BCUT2D eigenvalue weighted by Crippen LogP contribution is 2.33. The van der Waals surface area contributed by atoms with Crippen LogP contribution < -0.4 is 4.90 Å². The lowest BCUT2D eigenvalue weighted by atomic mass is 10.2. The van der Waals surface area contributed by atoms with E-state index >= 15 is 0 Å². The number of nitrogens with zero attached hydrogens (tertiary/aromatic N) is 3. The molecule has 2 heterocycles. The van der Waals surface area contributed by atoms with Crippen LogP contribution in [0.1, 0.15) is 5.56 Å². The van der Waals surface area contributed by atoms with E-state index in [0.717, 1.165) is 32.4 Å². The maximum atomic E-state index is 12.6. The monoisotopic (exact) mass is 453 g/mol. The average Bonchev–Trinajstić information content (AvgIpc) is 2.89. The summed E-state index contributed by atoms with van der Waals surface area (Å²) in [6, 6.07) is 5.71. The van der Waals surface area contributed by atoms with Gasteiger partial charge in [-0.1, -0.05) is 6.07 Å². The molecule has 0 saturated carbocycles. The van der Waals surface area contributed by atoms with Crippen LogP contribution in [-0.4, -0.2) is 73.8 Å². The molecule has 0 N–H and O–H groups in total. The molecule has 0 aliphatic carbocycles. The largest absolute Gasteiger partial charge is 0.378 e. The smallest absolute Gasteiger partial charge is 0.294 e. The van der Waals surface area contributed by atoms with Crippen molar-refractivity contribution in [2.24, 2.45) is 0 Å². The van der Waals surface area contributed by atoms with Gasteiger partial charge in [0.2, 0.25) is 5.91 Å². The van der Waals surface area contributed by atoms with Crippen molar-refractivity contribution in [1.29, 1.82) is 0 Å². The maximum absolute atomic E-state index is 12.6. The lowest BCUT2D eigenvalue weighted by molar-refractivity contribution is -0.139. The number of morpholine rings is 1. The summed E-state index contributed by atoms with van der Waals surface area (Å²) in [5, 5.41) is -0.420. The number of carbonyl (C=O) groups excluding carboxylic acids is 3. The molecule has 1 aromatic carbocycles. The van der Waals surface area contributed by atoms with Gasteiger partial charge in [-0.15, -0.1) is 0 Å². The van der Waals surface area contributed by atoms with Crippen molar-refractivity contribution < 1.29 is 19.1 Å². The molecular formula is C18H20BrN3O4S. The van der Waals surface area contributed by atoms with Crippen LogP contribution >= 0.6 is 27.7 Å². The highest BCUT2D eigenvalue weighted by Gasteiger charge is 2.37. The van der Waals surface area contributed by atoms with E-state index in [1.54, 1.807) is 11.0 Å². The van der Waals surface area contributed by atoms with Crippen LogP contribution in [0.25, 0.3) is 6.08 Å². The Balaban J connectivity index is 1.72. The summed E-state index contributed by atoms with van der Waals surface area (Å²) in [5.41, 5.74) is 1.81. The molecule has 9 heteroatoms. The number of benzene rings is 1. The first kappa shape index (κ1) is 19.9.